The van der Waals surface area contributed by atoms with Gasteiger partial charge in [0, 0.05) is 29.9 Å². The highest BCUT2D eigenvalue weighted by atomic mass is 32.2. The van der Waals surface area contributed by atoms with E-state index in [2.05, 4.69) is 15.5 Å². The third kappa shape index (κ3) is 3.86. The number of ether oxygens (including phenoxy) is 1. The Balaban J connectivity index is 1.64. The number of pyridine rings is 1. The van der Waals surface area contributed by atoms with Crippen LogP contribution in [0.15, 0.2) is 47.1 Å². The molecule has 0 unspecified atom stereocenters. The lowest BCUT2D eigenvalue weighted by Crippen LogP contribution is -2.25. The van der Waals surface area contributed by atoms with Gasteiger partial charge in [0.15, 0.2) is 11.5 Å². The fourth-order valence-corrected chi connectivity index (χ4v) is 2.49. The molecule has 6 nitrogen and oxygen atoms in total. The van der Waals surface area contributed by atoms with Gasteiger partial charge in [0.05, 0.1) is 0 Å². The molecule has 0 aliphatic rings. The normalized spacial score (nSPS) is 10.7. The number of benzene rings is 1. The van der Waals surface area contributed by atoms with Gasteiger partial charge in [-0.1, -0.05) is 23.4 Å². The molecule has 2 heterocycles. The number of rotatable bonds is 7. The van der Waals surface area contributed by atoms with Gasteiger partial charge >= 0.3 is 0 Å². The molecule has 0 radical (unpaired) electrons. The van der Waals surface area contributed by atoms with Gasteiger partial charge < -0.3 is 14.6 Å². The van der Waals surface area contributed by atoms with Crippen molar-refractivity contribution in [3.8, 4) is 5.75 Å². The van der Waals surface area contributed by atoms with Crippen LogP contribution in [0.1, 0.15) is 16.2 Å². The molecule has 0 saturated carbocycles. The quantitative estimate of drug-likeness (QED) is 0.665. The number of carbonyl (C=O) groups excluding carboxylic acids is 1. The summed E-state index contributed by atoms with van der Waals surface area (Å²) in [5, 5.41) is 7.56. The van der Waals surface area contributed by atoms with Crippen LogP contribution >= 0.6 is 11.8 Å². The number of carbonyl (C=O) groups is 1. The number of amides is 1. The second kappa shape index (κ2) is 7.83. The van der Waals surface area contributed by atoms with Crippen molar-refractivity contribution >= 4 is 28.6 Å². The number of hydrogen-bond acceptors (Lipinski definition) is 6. The molecule has 1 amide bonds. The van der Waals surface area contributed by atoms with E-state index in [-0.39, 0.29) is 18.2 Å². The molecule has 1 N–H and O–H groups in total. The maximum atomic E-state index is 11.9. The van der Waals surface area contributed by atoms with Gasteiger partial charge in [-0.05, 0) is 18.4 Å². The first-order chi connectivity index (χ1) is 11.8. The van der Waals surface area contributed by atoms with E-state index in [4.69, 9.17) is 9.26 Å². The molecule has 7 heteroatoms. The van der Waals surface area contributed by atoms with E-state index < -0.39 is 0 Å². The van der Waals surface area contributed by atoms with Crippen LogP contribution in [0.5, 0.6) is 5.75 Å². The summed E-state index contributed by atoms with van der Waals surface area (Å²) in [7, 11) is 0. The summed E-state index contributed by atoms with van der Waals surface area (Å²) < 4.78 is 10.9. The van der Waals surface area contributed by atoms with E-state index in [0.29, 0.717) is 18.1 Å². The van der Waals surface area contributed by atoms with Crippen molar-refractivity contribution in [2.75, 3.05) is 18.6 Å². The minimum absolute atomic E-state index is 0.181. The average molecular weight is 343 g/mol. The fraction of sp³-hybridized carbons (Fsp3) is 0.235. The Labute approximate surface area is 143 Å². The number of fused-ring (bicyclic) bond motifs is 1. The molecule has 0 spiro atoms. The summed E-state index contributed by atoms with van der Waals surface area (Å²) in [6.07, 6.45) is 3.71. The van der Waals surface area contributed by atoms with E-state index in [1.807, 2.05) is 36.6 Å². The van der Waals surface area contributed by atoms with Crippen molar-refractivity contribution in [1.29, 1.82) is 0 Å². The van der Waals surface area contributed by atoms with Crippen LogP contribution in [0.4, 0.5) is 0 Å². The Hall–Kier alpha value is -2.54. The summed E-state index contributed by atoms with van der Waals surface area (Å²) in [5.41, 5.74) is 1.04. The molecule has 1 aromatic carbocycles. The molecule has 2 aromatic heterocycles. The molecule has 0 aliphatic carbocycles. The molecule has 0 bridgehead atoms. The van der Waals surface area contributed by atoms with Crippen molar-refractivity contribution in [2.45, 2.75) is 6.61 Å². The molecular weight excluding hydrogens is 326 g/mol. The molecule has 3 aromatic rings. The van der Waals surface area contributed by atoms with Gasteiger partial charge in [0.1, 0.15) is 17.9 Å². The SMILES string of the molecule is CSCCNC(=O)c1cc(COc2cccc3cccnc23)on1. The van der Waals surface area contributed by atoms with Crippen LogP contribution in [0.2, 0.25) is 0 Å². The van der Waals surface area contributed by atoms with Crippen LogP contribution in [-0.2, 0) is 6.61 Å². The highest BCUT2D eigenvalue weighted by molar-refractivity contribution is 7.98. The minimum atomic E-state index is -0.245. The van der Waals surface area contributed by atoms with Gasteiger partial charge in [-0.2, -0.15) is 11.8 Å². The number of hydrogen-bond donors (Lipinski definition) is 1. The lowest BCUT2D eigenvalue weighted by molar-refractivity contribution is 0.0947. The maximum Gasteiger partial charge on any atom is 0.273 e. The first kappa shape index (κ1) is 16.3. The first-order valence-corrected chi connectivity index (χ1v) is 8.86. The summed E-state index contributed by atoms with van der Waals surface area (Å²) in [6.45, 7) is 0.779. The molecule has 0 saturated heterocycles. The maximum absolute atomic E-state index is 11.9. The molecule has 3 rings (SSSR count). The van der Waals surface area contributed by atoms with Crippen molar-refractivity contribution in [3.05, 3.63) is 54.0 Å². The van der Waals surface area contributed by atoms with Gasteiger partial charge in [-0.25, -0.2) is 0 Å². The second-order valence-corrected chi connectivity index (χ2v) is 6.03. The van der Waals surface area contributed by atoms with Crippen molar-refractivity contribution in [3.63, 3.8) is 0 Å². The van der Waals surface area contributed by atoms with Crippen LogP contribution in [-0.4, -0.2) is 34.6 Å². The number of nitrogens with one attached hydrogen (secondary N) is 1. The lowest BCUT2D eigenvalue weighted by atomic mass is 10.2. The average Bonchev–Trinajstić information content (AvgIpc) is 3.09. The Morgan fingerprint density at radius 2 is 2.21 bits per heavy atom. The standard InChI is InChI=1S/C17H17N3O3S/c1-24-9-8-19-17(21)14-10-13(23-20-14)11-22-15-6-2-4-12-5-3-7-18-16(12)15/h2-7,10H,8-9,11H2,1H3,(H,19,21). The van der Waals surface area contributed by atoms with Crippen LogP contribution < -0.4 is 10.1 Å². The first-order valence-electron chi connectivity index (χ1n) is 7.47. The molecule has 24 heavy (non-hydrogen) atoms. The highest BCUT2D eigenvalue weighted by Gasteiger charge is 2.13. The lowest BCUT2D eigenvalue weighted by Gasteiger charge is -2.06. The van der Waals surface area contributed by atoms with Gasteiger partial charge in [-0.15, -0.1) is 0 Å². The van der Waals surface area contributed by atoms with Crippen LogP contribution in [0.25, 0.3) is 10.9 Å². The minimum Gasteiger partial charge on any atom is -0.483 e. The number of aromatic nitrogens is 2. The van der Waals surface area contributed by atoms with Crippen LogP contribution in [0.3, 0.4) is 0 Å². The Bertz CT molecular complexity index is 829. The van der Waals surface area contributed by atoms with E-state index in [1.165, 1.54) is 0 Å². The van der Waals surface area contributed by atoms with Crippen molar-refractivity contribution in [1.82, 2.24) is 15.5 Å². The molecule has 0 fully saturated rings. The van der Waals surface area contributed by atoms with E-state index in [0.717, 1.165) is 16.7 Å². The summed E-state index contributed by atoms with van der Waals surface area (Å²) >= 11 is 1.67. The zero-order valence-electron chi connectivity index (χ0n) is 13.2. The van der Waals surface area contributed by atoms with E-state index >= 15 is 0 Å². The van der Waals surface area contributed by atoms with Gasteiger partial charge in [0.2, 0.25) is 0 Å². The van der Waals surface area contributed by atoms with Crippen molar-refractivity contribution in [2.24, 2.45) is 0 Å². The van der Waals surface area contributed by atoms with Gasteiger partial charge in [-0.3, -0.25) is 9.78 Å². The van der Waals surface area contributed by atoms with E-state index in [9.17, 15) is 4.79 Å². The van der Waals surface area contributed by atoms with Gasteiger partial charge in [0.25, 0.3) is 5.91 Å². The third-order valence-electron chi connectivity index (χ3n) is 3.35. The Kier molecular flexibility index (Phi) is 5.32. The molecule has 0 aliphatic heterocycles. The summed E-state index contributed by atoms with van der Waals surface area (Å²) in [6, 6.07) is 11.2. The zero-order valence-corrected chi connectivity index (χ0v) is 14.0. The van der Waals surface area contributed by atoms with E-state index in [1.54, 1.807) is 24.0 Å². The number of thioether (sulfide) groups is 1. The zero-order chi connectivity index (χ0) is 16.8. The highest BCUT2D eigenvalue weighted by Crippen LogP contribution is 2.23. The largest absolute Gasteiger partial charge is 0.483 e. The molecular formula is C17H17N3O3S. The summed E-state index contributed by atoms with van der Waals surface area (Å²) in [4.78, 5) is 16.2. The Morgan fingerprint density at radius 3 is 3.08 bits per heavy atom. The smallest absolute Gasteiger partial charge is 0.273 e. The number of para-hydroxylation sites is 1. The molecule has 0 atom stereocenters. The number of nitrogens with zero attached hydrogens (tertiary/aromatic N) is 2. The second-order valence-electron chi connectivity index (χ2n) is 5.05. The molecule has 124 valence electrons. The monoisotopic (exact) mass is 343 g/mol. The topological polar surface area (TPSA) is 77.2 Å². The Morgan fingerprint density at radius 1 is 1.33 bits per heavy atom. The van der Waals surface area contributed by atoms with Crippen LogP contribution in [0, 0.1) is 0 Å². The fourth-order valence-electron chi connectivity index (χ4n) is 2.19. The summed E-state index contributed by atoms with van der Waals surface area (Å²) in [5.74, 6) is 1.76. The third-order valence-corrected chi connectivity index (χ3v) is 3.96. The predicted octanol–water partition coefficient (Wildman–Crippen LogP) is 2.89. The predicted molar refractivity (Wildman–Crippen MR) is 93.3 cm³/mol. The van der Waals surface area contributed by atoms with Crippen molar-refractivity contribution < 1.29 is 14.1 Å².